The molecule has 0 fully saturated rings. The van der Waals surface area contributed by atoms with Crippen molar-refractivity contribution in [3.05, 3.63) is 108 Å². The minimum absolute atomic E-state index is 0.706. The number of aromatic nitrogens is 3. The molecule has 1 aromatic heterocycles. The van der Waals surface area contributed by atoms with Crippen molar-refractivity contribution in [2.24, 2.45) is 0 Å². The fourth-order valence-corrected chi connectivity index (χ4v) is 2.86. The Kier molecular flexibility index (Phi) is 6.96. The first-order chi connectivity index (χ1) is 13.8. The highest BCUT2D eigenvalue weighted by molar-refractivity contribution is 5.73. The summed E-state index contributed by atoms with van der Waals surface area (Å²) in [6.07, 6.45) is 21.6. The number of fused-ring (bicyclic) bond motifs is 1. The molecule has 0 atom stereocenters. The topological polar surface area (TPSA) is 42.7 Å². The van der Waals surface area contributed by atoms with Gasteiger partial charge in [0.25, 0.3) is 0 Å². The lowest BCUT2D eigenvalue weighted by Crippen LogP contribution is -2.12. The van der Waals surface area contributed by atoms with Crippen LogP contribution in [0.15, 0.2) is 108 Å². The van der Waals surface area contributed by atoms with Crippen LogP contribution < -0.4 is 5.32 Å². The van der Waals surface area contributed by atoms with Crippen LogP contribution >= 0.6 is 0 Å². The zero-order valence-corrected chi connectivity index (χ0v) is 16.3. The van der Waals surface area contributed by atoms with Crippen LogP contribution in [0, 0.1) is 0 Å². The number of allylic oxidation sites excluding steroid dienone is 11. The molecule has 0 saturated heterocycles. The average molecular weight is 371 g/mol. The number of rotatable bonds is 7. The Morgan fingerprint density at radius 1 is 1.14 bits per heavy atom. The molecule has 1 N–H and O–H groups in total. The minimum atomic E-state index is 0.706. The van der Waals surface area contributed by atoms with Crippen LogP contribution in [0.3, 0.4) is 0 Å². The van der Waals surface area contributed by atoms with Gasteiger partial charge in [0.1, 0.15) is 5.52 Å². The molecule has 2 aromatic rings. The van der Waals surface area contributed by atoms with Crippen molar-refractivity contribution in [2.45, 2.75) is 19.9 Å². The van der Waals surface area contributed by atoms with Crippen molar-refractivity contribution in [3.8, 4) is 0 Å². The SMILES string of the molecule is C=C1\C=C/C=C\C=C/C(NC/C=C(\C=C/Cn2nnc3ccccc32)CC)=C\1. The third-order valence-electron chi connectivity index (χ3n) is 4.37. The number of nitrogens with one attached hydrogen (secondary N) is 1. The summed E-state index contributed by atoms with van der Waals surface area (Å²) in [4.78, 5) is 0. The number of hydrogen-bond acceptors (Lipinski definition) is 3. The lowest BCUT2D eigenvalue weighted by Gasteiger charge is -2.06. The molecule has 1 aromatic carbocycles. The molecule has 1 aliphatic carbocycles. The first-order valence-corrected chi connectivity index (χ1v) is 9.56. The first kappa shape index (κ1) is 19.4. The van der Waals surface area contributed by atoms with E-state index in [9.17, 15) is 0 Å². The van der Waals surface area contributed by atoms with Gasteiger partial charge < -0.3 is 5.32 Å². The monoisotopic (exact) mass is 370 g/mol. The second-order valence-electron chi connectivity index (χ2n) is 6.45. The fourth-order valence-electron chi connectivity index (χ4n) is 2.86. The fraction of sp³-hybridized carbons (Fsp3) is 0.167. The van der Waals surface area contributed by atoms with Crippen LogP contribution in [0.4, 0.5) is 0 Å². The van der Waals surface area contributed by atoms with E-state index in [4.69, 9.17) is 0 Å². The maximum Gasteiger partial charge on any atom is 0.113 e. The molecule has 0 amide bonds. The van der Waals surface area contributed by atoms with E-state index < -0.39 is 0 Å². The Labute approximate surface area is 166 Å². The van der Waals surface area contributed by atoms with E-state index in [-0.39, 0.29) is 0 Å². The van der Waals surface area contributed by atoms with Crippen molar-refractivity contribution in [1.82, 2.24) is 20.3 Å². The molecule has 0 bridgehead atoms. The molecular formula is C24H26N4. The Balaban J connectivity index is 1.59. The lowest BCUT2D eigenvalue weighted by molar-refractivity contribution is 0.682. The van der Waals surface area contributed by atoms with Crippen molar-refractivity contribution in [3.63, 3.8) is 0 Å². The molecule has 3 rings (SSSR count). The number of nitrogens with zero attached hydrogens (tertiary/aromatic N) is 3. The van der Waals surface area contributed by atoms with Crippen LogP contribution in [-0.4, -0.2) is 21.5 Å². The second-order valence-corrected chi connectivity index (χ2v) is 6.45. The predicted octanol–water partition coefficient (Wildman–Crippen LogP) is 5.04. The normalized spacial score (nSPS) is 20.2. The molecule has 0 aliphatic heterocycles. The van der Waals surface area contributed by atoms with E-state index in [1.165, 1.54) is 5.57 Å². The molecule has 28 heavy (non-hydrogen) atoms. The van der Waals surface area contributed by atoms with Crippen LogP contribution in [0.25, 0.3) is 11.0 Å². The van der Waals surface area contributed by atoms with E-state index in [2.05, 4.69) is 53.4 Å². The van der Waals surface area contributed by atoms with Gasteiger partial charge in [-0.1, -0.05) is 85.0 Å². The van der Waals surface area contributed by atoms with Gasteiger partial charge in [-0.15, -0.1) is 5.10 Å². The summed E-state index contributed by atoms with van der Waals surface area (Å²) in [7, 11) is 0. The van der Waals surface area contributed by atoms with Crippen molar-refractivity contribution >= 4 is 11.0 Å². The number of para-hydroxylation sites is 1. The summed E-state index contributed by atoms with van der Waals surface area (Å²) >= 11 is 0. The Morgan fingerprint density at radius 2 is 1.96 bits per heavy atom. The second kappa shape index (κ2) is 10.1. The molecule has 142 valence electrons. The van der Waals surface area contributed by atoms with Gasteiger partial charge in [0.05, 0.1) is 12.1 Å². The highest BCUT2D eigenvalue weighted by Crippen LogP contribution is 2.10. The largest absolute Gasteiger partial charge is 0.382 e. The van der Waals surface area contributed by atoms with Gasteiger partial charge in [0, 0.05) is 12.2 Å². The van der Waals surface area contributed by atoms with Gasteiger partial charge in [-0.05, 0) is 36.3 Å². The quantitative estimate of drug-likeness (QED) is 0.695. The Hall–Kier alpha value is -3.40. The average Bonchev–Trinajstić information content (AvgIpc) is 3.15. The highest BCUT2D eigenvalue weighted by atomic mass is 15.4. The van der Waals surface area contributed by atoms with Gasteiger partial charge in [0.2, 0.25) is 0 Å². The summed E-state index contributed by atoms with van der Waals surface area (Å²) < 4.78 is 1.91. The zero-order valence-electron chi connectivity index (χ0n) is 16.3. The molecule has 4 heteroatoms. The first-order valence-electron chi connectivity index (χ1n) is 9.56. The predicted molar refractivity (Wildman–Crippen MR) is 118 cm³/mol. The van der Waals surface area contributed by atoms with Crippen molar-refractivity contribution in [1.29, 1.82) is 0 Å². The van der Waals surface area contributed by atoms with Crippen molar-refractivity contribution in [2.75, 3.05) is 6.54 Å². The summed E-state index contributed by atoms with van der Waals surface area (Å²) in [6.45, 7) is 7.67. The third kappa shape index (κ3) is 5.55. The van der Waals surface area contributed by atoms with Gasteiger partial charge in [0.15, 0.2) is 0 Å². The van der Waals surface area contributed by atoms with Crippen LogP contribution in [0.1, 0.15) is 13.3 Å². The summed E-state index contributed by atoms with van der Waals surface area (Å²) in [5, 5.41) is 11.9. The molecule has 0 radical (unpaired) electrons. The van der Waals surface area contributed by atoms with Gasteiger partial charge >= 0.3 is 0 Å². The Morgan fingerprint density at radius 3 is 2.82 bits per heavy atom. The van der Waals surface area contributed by atoms with Crippen LogP contribution in [-0.2, 0) is 6.54 Å². The molecule has 4 nitrogen and oxygen atoms in total. The smallest absolute Gasteiger partial charge is 0.113 e. The molecule has 0 unspecified atom stereocenters. The molecule has 0 spiro atoms. The van der Waals surface area contributed by atoms with Gasteiger partial charge in [-0.3, -0.25) is 0 Å². The molecular weight excluding hydrogens is 344 g/mol. The van der Waals surface area contributed by atoms with Crippen LogP contribution in [0.5, 0.6) is 0 Å². The van der Waals surface area contributed by atoms with E-state index >= 15 is 0 Å². The van der Waals surface area contributed by atoms with Gasteiger partial charge in [-0.25, -0.2) is 4.68 Å². The Bertz CT molecular complexity index is 997. The zero-order chi connectivity index (χ0) is 19.6. The number of benzene rings is 1. The van der Waals surface area contributed by atoms with Crippen molar-refractivity contribution < 1.29 is 0 Å². The highest BCUT2D eigenvalue weighted by Gasteiger charge is 2.00. The maximum atomic E-state index is 4.22. The summed E-state index contributed by atoms with van der Waals surface area (Å²) in [6, 6.07) is 8.01. The van der Waals surface area contributed by atoms with E-state index in [0.717, 1.165) is 35.3 Å². The van der Waals surface area contributed by atoms with E-state index in [0.29, 0.717) is 6.54 Å². The van der Waals surface area contributed by atoms with Gasteiger partial charge in [-0.2, -0.15) is 0 Å². The standard InChI is InChI=1S/C24H26N4/c1-3-21(12-10-18-28-24-15-9-8-14-23(24)26-27-28)16-17-25-22-13-7-5-4-6-11-20(2)19-22/h4-16,19,25H,2-3,17-18H2,1H3/b5-4-,11-6-,12-10-,13-7-,21-16-,22-19+. The van der Waals surface area contributed by atoms with E-state index in [1.807, 2.05) is 65.4 Å². The minimum Gasteiger partial charge on any atom is -0.382 e. The molecule has 1 aliphatic rings. The molecule has 1 heterocycles. The summed E-state index contributed by atoms with van der Waals surface area (Å²) in [5.41, 5.74) is 5.28. The maximum absolute atomic E-state index is 4.22. The third-order valence-corrected chi connectivity index (χ3v) is 4.37. The number of hydrogen-bond donors (Lipinski definition) is 1. The lowest BCUT2D eigenvalue weighted by atomic mass is 10.1. The van der Waals surface area contributed by atoms with Crippen LogP contribution in [0.2, 0.25) is 0 Å². The van der Waals surface area contributed by atoms with E-state index in [1.54, 1.807) is 0 Å². The molecule has 0 saturated carbocycles. The summed E-state index contributed by atoms with van der Waals surface area (Å²) in [5.74, 6) is 0.